The van der Waals surface area contributed by atoms with Gasteiger partial charge in [-0.05, 0) is 61.8 Å². The predicted molar refractivity (Wildman–Crippen MR) is 108 cm³/mol. The summed E-state index contributed by atoms with van der Waals surface area (Å²) in [5.74, 6) is 0.737. The van der Waals surface area contributed by atoms with E-state index in [1.807, 2.05) is 66.9 Å². The zero-order chi connectivity index (χ0) is 19.2. The average Bonchev–Trinajstić information content (AvgIpc) is 3.30. The van der Waals surface area contributed by atoms with Crippen LogP contribution in [0.25, 0.3) is 0 Å². The molecule has 6 nitrogen and oxygen atoms in total. The van der Waals surface area contributed by atoms with Gasteiger partial charge in [-0.15, -0.1) is 0 Å². The number of anilines is 1. The zero-order valence-electron chi connectivity index (χ0n) is 15.7. The summed E-state index contributed by atoms with van der Waals surface area (Å²) in [6.45, 7) is 2.10. The number of carbonyl (C=O) groups is 1. The van der Waals surface area contributed by atoms with E-state index in [1.165, 1.54) is 0 Å². The topological polar surface area (TPSA) is 68.2 Å². The second-order valence-corrected chi connectivity index (χ2v) is 6.98. The number of hydrogen-bond acceptors (Lipinski definition) is 4. The van der Waals surface area contributed by atoms with E-state index >= 15 is 0 Å². The summed E-state index contributed by atoms with van der Waals surface area (Å²) in [4.78, 5) is 13.2. The molecule has 0 bridgehead atoms. The number of nitrogens with one attached hydrogen (secondary N) is 2. The minimum atomic E-state index is -0.656. The van der Waals surface area contributed by atoms with E-state index in [1.54, 1.807) is 10.9 Å². The molecule has 0 saturated carbocycles. The summed E-state index contributed by atoms with van der Waals surface area (Å²) in [5.41, 5.74) is 1.21. The van der Waals surface area contributed by atoms with Crippen molar-refractivity contribution in [2.45, 2.75) is 25.0 Å². The van der Waals surface area contributed by atoms with Gasteiger partial charge in [-0.2, -0.15) is 5.10 Å². The van der Waals surface area contributed by atoms with Crippen molar-refractivity contribution in [2.24, 2.45) is 0 Å². The first-order valence-electron chi connectivity index (χ1n) is 9.55. The molecule has 0 spiro atoms. The lowest BCUT2D eigenvalue weighted by molar-refractivity contribution is -0.126. The number of hydrogen-bond donors (Lipinski definition) is 2. The summed E-state index contributed by atoms with van der Waals surface area (Å²) < 4.78 is 7.60. The van der Waals surface area contributed by atoms with Crippen LogP contribution in [0.5, 0.6) is 5.75 Å². The van der Waals surface area contributed by atoms with E-state index in [0.717, 1.165) is 30.1 Å². The fourth-order valence-electron chi connectivity index (χ4n) is 3.55. The van der Waals surface area contributed by atoms with Crippen LogP contribution < -0.4 is 15.4 Å². The number of carbonyl (C=O) groups excluding carboxylic acids is 1. The molecule has 2 N–H and O–H groups in total. The normalized spacial score (nSPS) is 15.7. The van der Waals surface area contributed by atoms with Gasteiger partial charge in [-0.1, -0.05) is 30.3 Å². The molecule has 4 rings (SSSR count). The van der Waals surface area contributed by atoms with Gasteiger partial charge in [0.25, 0.3) is 5.91 Å². The van der Waals surface area contributed by atoms with E-state index in [-0.39, 0.29) is 5.91 Å². The first kappa shape index (κ1) is 18.3. The lowest BCUT2D eigenvalue weighted by Crippen LogP contribution is -2.52. The molecule has 1 amide bonds. The first-order chi connectivity index (χ1) is 13.8. The lowest BCUT2D eigenvalue weighted by Gasteiger charge is -2.36. The summed E-state index contributed by atoms with van der Waals surface area (Å²) in [7, 11) is 0. The Kier molecular flexibility index (Phi) is 5.39. The summed E-state index contributed by atoms with van der Waals surface area (Å²) in [6, 6.07) is 19.4. The Hall–Kier alpha value is -3.12. The molecule has 1 aliphatic heterocycles. The van der Waals surface area contributed by atoms with Crippen LogP contribution in [0, 0.1) is 0 Å². The third-order valence-corrected chi connectivity index (χ3v) is 5.16. The van der Waals surface area contributed by atoms with Gasteiger partial charge in [0.2, 0.25) is 0 Å². The molecule has 28 heavy (non-hydrogen) atoms. The predicted octanol–water partition coefficient (Wildman–Crippen LogP) is 3.18. The van der Waals surface area contributed by atoms with Crippen LogP contribution in [0.4, 0.5) is 5.69 Å². The molecule has 0 aliphatic carbocycles. The van der Waals surface area contributed by atoms with Crippen molar-refractivity contribution in [3.8, 4) is 5.75 Å². The fraction of sp³-hybridized carbons (Fsp3) is 0.273. The Balaban J connectivity index is 1.42. The van der Waals surface area contributed by atoms with E-state index < -0.39 is 5.54 Å². The van der Waals surface area contributed by atoms with Crippen molar-refractivity contribution in [2.75, 3.05) is 18.4 Å². The summed E-state index contributed by atoms with van der Waals surface area (Å²) in [6.07, 6.45) is 5.00. The third-order valence-electron chi connectivity index (χ3n) is 5.16. The SMILES string of the molecule is O=C(Nc1ccc(OCc2ccccc2)cc1)C1(n2cccn2)CCNCC1. The van der Waals surface area contributed by atoms with Crippen molar-refractivity contribution in [1.29, 1.82) is 0 Å². The quantitative estimate of drug-likeness (QED) is 0.693. The summed E-state index contributed by atoms with van der Waals surface area (Å²) >= 11 is 0. The molecule has 1 fully saturated rings. The van der Waals surface area contributed by atoms with Crippen LogP contribution in [0.2, 0.25) is 0 Å². The Morgan fingerprint density at radius 1 is 1.07 bits per heavy atom. The molecule has 3 aromatic rings. The highest BCUT2D eigenvalue weighted by Crippen LogP contribution is 2.29. The average molecular weight is 376 g/mol. The van der Waals surface area contributed by atoms with Crippen molar-refractivity contribution in [3.63, 3.8) is 0 Å². The van der Waals surface area contributed by atoms with Crippen LogP contribution in [0.1, 0.15) is 18.4 Å². The Bertz CT molecular complexity index is 886. The molecule has 1 aliphatic rings. The number of amides is 1. The van der Waals surface area contributed by atoms with Gasteiger partial charge >= 0.3 is 0 Å². The van der Waals surface area contributed by atoms with E-state index in [9.17, 15) is 4.79 Å². The summed E-state index contributed by atoms with van der Waals surface area (Å²) in [5, 5.41) is 10.7. The second-order valence-electron chi connectivity index (χ2n) is 6.98. The monoisotopic (exact) mass is 376 g/mol. The van der Waals surface area contributed by atoms with Gasteiger partial charge in [-0.25, -0.2) is 0 Å². The van der Waals surface area contributed by atoms with E-state index in [2.05, 4.69) is 15.7 Å². The standard InChI is InChI=1S/C22H24N4O2/c27-21(22(11-14-23-15-12-22)26-16-4-13-24-26)25-19-7-9-20(10-8-19)28-17-18-5-2-1-3-6-18/h1-10,13,16,23H,11-12,14-15,17H2,(H,25,27). The van der Waals surface area contributed by atoms with Gasteiger partial charge in [0, 0.05) is 18.1 Å². The van der Waals surface area contributed by atoms with Crippen LogP contribution >= 0.6 is 0 Å². The lowest BCUT2D eigenvalue weighted by atomic mass is 9.87. The van der Waals surface area contributed by atoms with Gasteiger partial charge in [0.05, 0.1) is 0 Å². The minimum Gasteiger partial charge on any atom is -0.489 e. The van der Waals surface area contributed by atoms with Crippen molar-refractivity contribution < 1.29 is 9.53 Å². The molecular weight excluding hydrogens is 352 g/mol. The number of benzene rings is 2. The molecule has 1 saturated heterocycles. The number of rotatable bonds is 6. The Morgan fingerprint density at radius 3 is 2.50 bits per heavy atom. The van der Waals surface area contributed by atoms with Crippen LogP contribution in [0.3, 0.4) is 0 Å². The number of ether oxygens (including phenoxy) is 1. The number of nitrogens with zero attached hydrogens (tertiary/aromatic N) is 2. The maximum absolute atomic E-state index is 13.2. The maximum atomic E-state index is 13.2. The zero-order valence-corrected chi connectivity index (χ0v) is 15.7. The van der Waals surface area contributed by atoms with Crippen LogP contribution in [0.15, 0.2) is 73.1 Å². The molecular formula is C22H24N4O2. The third kappa shape index (κ3) is 3.92. The van der Waals surface area contributed by atoms with Crippen molar-refractivity contribution >= 4 is 11.6 Å². The number of piperidine rings is 1. The fourth-order valence-corrected chi connectivity index (χ4v) is 3.55. The molecule has 2 heterocycles. The highest BCUT2D eigenvalue weighted by atomic mass is 16.5. The molecule has 0 unspecified atom stereocenters. The second kappa shape index (κ2) is 8.27. The minimum absolute atomic E-state index is 0.0318. The Morgan fingerprint density at radius 2 is 1.82 bits per heavy atom. The van der Waals surface area contributed by atoms with Crippen molar-refractivity contribution in [1.82, 2.24) is 15.1 Å². The highest BCUT2D eigenvalue weighted by Gasteiger charge is 2.42. The molecule has 0 atom stereocenters. The van der Waals surface area contributed by atoms with Gasteiger partial charge in [0.15, 0.2) is 0 Å². The molecule has 144 valence electrons. The largest absolute Gasteiger partial charge is 0.489 e. The Labute approximate surface area is 164 Å². The molecule has 1 aromatic heterocycles. The highest BCUT2D eigenvalue weighted by molar-refractivity contribution is 5.96. The van der Waals surface area contributed by atoms with Crippen LogP contribution in [-0.4, -0.2) is 28.8 Å². The molecule has 0 radical (unpaired) electrons. The smallest absolute Gasteiger partial charge is 0.252 e. The van der Waals surface area contributed by atoms with Crippen LogP contribution in [-0.2, 0) is 16.9 Å². The van der Waals surface area contributed by atoms with Gasteiger partial charge < -0.3 is 15.4 Å². The van der Waals surface area contributed by atoms with Gasteiger partial charge in [-0.3, -0.25) is 9.48 Å². The maximum Gasteiger partial charge on any atom is 0.252 e. The number of aromatic nitrogens is 2. The molecule has 6 heteroatoms. The molecule has 2 aromatic carbocycles. The first-order valence-corrected chi connectivity index (χ1v) is 9.55. The van der Waals surface area contributed by atoms with Gasteiger partial charge in [0.1, 0.15) is 17.9 Å². The van der Waals surface area contributed by atoms with E-state index in [0.29, 0.717) is 19.4 Å². The van der Waals surface area contributed by atoms with Crippen molar-refractivity contribution in [3.05, 3.63) is 78.6 Å². The van der Waals surface area contributed by atoms with E-state index in [4.69, 9.17) is 4.74 Å².